The second-order valence-corrected chi connectivity index (χ2v) is 6.73. The lowest BCUT2D eigenvalue weighted by atomic mass is 10.1. The molecule has 0 unspecified atom stereocenters. The van der Waals surface area contributed by atoms with Gasteiger partial charge in [-0.25, -0.2) is 0 Å². The summed E-state index contributed by atoms with van der Waals surface area (Å²) in [6.07, 6.45) is -0.852. The molecule has 2 amide bonds. The Balaban J connectivity index is 1.66. The van der Waals surface area contributed by atoms with Gasteiger partial charge in [-0.15, -0.1) is 0 Å². The van der Waals surface area contributed by atoms with E-state index in [2.05, 4.69) is 0 Å². The number of carbonyl (C=O) groups is 2. The molecule has 0 spiro atoms. The summed E-state index contributed by atoms with van der Waals surface area (Å²) in [6, 6.07) is 15.0. The van der Waals surface area contributed by atoms with Crippen molar-refractivity contribution in [3.05, 3.63) is 54.1 Å². The lowest BCUT2D eigenvalue weighted by Crippen LogP contribution is -2.51. The van der Waals surface area contributed by atoms with Gasteiger partial charge in [0.05, 0.1) is 25.4 Å². The molecule has 28 heavy (non-hydrogen) atoms. The van der Waals surface area contributed by atoms with Gasteiger partial charge in [-0.05, 0) is 43.8 Å². The number of fused-ring (bicyclic) bond motifs is 1. The number of hydrogen-bond acceptors (Lipinski definition) is 5. The van der Waals surface area contributed by atoms with Crippen molar-refractivity contribution in [2.75, 3.05) is 31.6 Å². The number of likely N-dealkylation sites (N-methyl/N-ethyl adjacent to an activating group) is 1. The van der Waals surface area contributed by atoms with Crippen molar-refractivity contribution in [3.8, 4) is 11.5 Å². The highest BCUT2D eigenvalue weighted by Crippen LogP contribution is 2.33. The molecule has 0 aliphatic carbocycles. The van der Waals surface area contributed by atoms with Crippen LogP contribution >= 0.6 is 0 Å². The molecule has 1 aliphatic rings. The molecule has 0 radical (unpaired) electrons. The third-order valence-electron chi connectivity index (χ3n) is 4.48. The van der Waals surface area contributed by atoms with E-state index in [1.54, 1.807) is 23.1 Å². The van der Waals surface area contributed by atoms with Crippen LogP contribution in [-0.4, -0.2) is 49.6 Å². The molecule has 0 aromatic heterocycles. The first-order chi connectivity index (χ1) is 13.5. The molecule has 7 nitrogen and oxygen atoms in total. The lowest BCUT2D eigenvalue weighted by Gasteiger charge is -2.34. The largest absolute Gasteiger partial charge is 0.494 e. The van der Waals surface area contributed by atoms with Crippen molar-refractivity contribution in [3.63, 3.8) is 0 Å². The van der Waals surface area contributed by atoms with Crippen LogP contribution in [0.5, 0.6) is 11.5 Å². The number of amides is 2. The molecule has 0 saturated heterocycles. The number of ether oxygens (including phenoxy) is 2. The van der Waals surface area contributed by atoms with Crippen LogP contribution in [0.2, 0.25) is 0 Å². The maximum atomic E-state index is 12.9. The topological polar surface area (TPSA) is 85.1 Å². The summed E-state index contributed by atoms with van der Waals surface area (Å²) in [7, 11) is 1.88. The molecule has 2 aromatic carbocycles. The molecule has 0 saturated carbocycles. The van der Waals surface area contributed by atoms with E-state index >= 15 is 0 Å². The SMILES string of the molecule is CCOc1ccc(CN(C)CC(=O)N2C[C@@H](C(N)=O)Oc3ccccc32)cc1. The van der Waals surface area contributed by atoms with Crippen LogP contribution in [-0.2, 0) is 16.1 Å². The molecular formula is C21H25N3O4. The zero-order chi connectivity index (χ0) is 20.1. The van der Waals surface area contributed by atoms with E-state index in [1.807, 2.05) is 49.2 Å². The molecule has 1 atom stereocenters. The van der Waals surface area contributed by atoms with Gasteiger partial charge in [0.15, 0.2) is 6.10 Å². The van der Waals surface area contributed by atoms with E-state index in [-0.39, 0.29) is 19.0 Å². The number of hydrogen-bond donors (Lipinski definition) is 1. The molecule has 148 valence electrons. The summed E-state index contributed by atoms with van der Waals surface area (Å²) in [5.41, 5.74) is 7.13. The Morgan fingerprint density at radius 1 is 1.21 bits per heavy atom. The van der Waals surface area contributed by atoms with Crippen LogP contribution in [0.25, 0.3) is 0 Å². The first-order valence-corrected chi connectivity index (χ1v) is 9.23. The van der Waals surface area contributed by atoms with E-state index < -0.39 is 12.0 Å². The lowest BCUT2D eigenvalue weighted by molar-refractivity contribution is -0.125. The second kappa shape index (κ2) is 8.75. The standard InChI is InChI=1S/C21H25N3O4/c1-3-27-16-10-8-15(9-11-16)12-23(2)14-20(25)24-13-19(21(22)26)28-18-7-5-4-6-17(18)24/h4-11,19H,3,12-14H2,1-2H3,(H2,22,26)/t19-/m0/s1. The molecular weight excluding hydrogens is 358 g/mol. The van der Waals surface area contributed by atoms with E-state index in [1.165, 1.54) is 0 Å². The maximum Gasteiger partial charge on any atom is 0.260 e. The highest BCUT2D eigenvalue weighted by Gasteiger charge is 2.32. The predicted molar refractivity (Wildman–Crippen MR) is 106 cm³/mol. The number of anilines is 1. The Morgan fingerprint density at radius 3 is 2.61 bits per heavy atom. The molecule has 1 heterocycles. The predicted octanol–water partition coefficient (Wildman–Crippen LogP) is 1.80. The summed E-state index contributed by atoms with van der Waals surface area (Å²) >= 11 is 0. The van der Waals surface area contributed by atoms with Crippen molar-refractivity contribution >= 4 is 17.5 Å². The number of rotatable bonds is 7. The summed E-state index contributed by atoms with van der Waals surface area (Å²) in [5.74, 6) is 0.609. The molecule has 2 aromatic rings. The van der Waals surface area contributed by atoms with Gasteiger partial charge in [0.25, 0.3) is 5.91 Å². The van der Waals surface area contributed by atoms with Crippen LogP contribution in [0.3, 0.4) is 0 Å². The average Bonchev–Trinajstić information content (AvgIpc) is 2.68. The fraction of sp³-hybridized carbons (Fsp3) is 0.333. The number of para-hydroxylation sites is 2. The summed E-state index contributed by atoms with van der Waals surface area (Å²) in [5, 5.41) is 0. The minimum atomic E-state index is -0.852. The molecule has 2 N–H and O–H groups in total. The molecule has 1 aliphatic heterocycles. The van der Waals surface area contributed by atoms with E-state index in [0.29, 0.717) is 24.6 Å². The van der Waals surface area contributed by atoms with Crippen LogP contribution in [0, 0.1) is 0 Å². The number of nitrogens with two attached hydrogens (primary N) is 1. The van der Waals surface area contributed by atoms with Crippen molar-refractivity contribution in [2.24, 2.45) is 5.73 Å². The summed E-state index contributed by atoms with van der Waals surface area (Å²) in [6.45, 7) is 3.50. The van der Waals surface area contributed by atoms with E-state index in [9.17, 15) is 9.59 Å². The highest BCUT2D eigenvalue weighted by molar-refractivity contribution is 5.98. The zero-order valence-corrected chi connectivity index (χ0v) is 16.1. The van der Waals surface area contributed by atoms with Crippen LogP contribution in [0.15, 0.2) is 48.5 Å². The number of benzene rings is 2. The monoisotopic (exact) mass is 383 g/mol. The second-order valence-electron chi connectivity index (χ2n) is 6.73. The Labute approximate surface area is 164 Å². The first kappa shape index (κ1) is 19.7. The summed E-state index contributed by atoms with van der Waals surface area (Å²) < 4.78 is 11.1. The van der Waals surface area contributed by atoms with Crippen molar-refractivity contribution in [1.29, 1.82) is 0 Å². The number of carbonyl (C=O) groups excluding carboxylic acids is 2. The van der Waals surface area contributed by atoms with Gasteiger partial charge in [-0.3, -0.25) is 14.5 Å². The Hall–Kier alpha value is -3.06. The van der Waals surface area contributed by atoms with Crippen LogP contribution in [0.4, 0.5) is 5.69 Å². The molecule has 0 bridgehead atoms. The molecule has 7 heteroatoms. The van der Waals surface area contributed by atoms with Crippen molar-refractivity contribution < 1.29 is 19.1 Å². The van der Waals surface area contributed by atoms with Gasteiger partial charge in [0.2, 0.25) is 5.91 Å². The average molecular weight is 383 g/mol. The third-order valence-corrected chi connectivity index (χ3v) is 4.48. The quantitative estimate of drug-likeness (QED) is 0.788. The Bertz CT molecular complexity index is 838. The van der Waals surface area contributed by atoms with Gasteiger partial charge in [-0.1, -0.05) is 24.3 Å². The van der Waals surface area contributed by atoms with Gasteiger partial charge in [-0.2, -0.15) is 0 Å². The molecule has 0 fully saturated rings. The highest BCUT2D eigenvalue weighted by atomic mass is 16.5. The Morgan fingerprint density at radius 2 is 1.93 bits per heavy atom. The van der Waals surface area contributed by atoms with Gasteiger partial charge in [0.1, 0.15) is 11.5 Å². The van der Waals surface area contributed by atoms with Crippen molar-refractivity contribution in [1.82, 2.24) is 4.90 Å². The maximum absolute atomic E-state index is 12.9. The number of nitrogens with zero attached hydrogens (tertiary/aromatic N) is 2. The number of primary amides is 1. The van der Waals surface area contributed by atoms with Gasteiger partial charge in [0, 0.05) is 6.54 Å². The fourth-order valence-electron chi connectivity index (χ4n) is 3.16. The minimum absolute atomic E-state index is 0.113. The Kier molecular flexibility index (Phi) is 6.16. The summed E-state index contributed by atoms with van der Waals surface area (Å²) in [4.78, 5) is 28.0. The van der Waals surface area contributed by atoms with Crippen LogP contribution < -0.4 is 20.1 Å². The van der Waals surface area contributed by atoms with Crippen LogP contribution in [0.1, 0.15) is 12.5 Å². The smallest absolute Gasteiger partial charge is 0.260 e. The normalized spacial score (nSPS) is 15.7. The molecule has 3 rings (SSSR count). The minimum Gasteiger partial charge on any atom is -0.494 e. The van der Waals surface area contributed by atoms with E-state index in [0.717, 1.165) is 11.3 Å². The fourth-order valence-corrected chi connectivity index (χ4v) is 3.16. The third kappa shape index (κ3) is 4.61. The first-order valence-electron chi connectivity index (χ1n) is 9.23. The van der Waals surface area contributed by atoms with Gasteiger partial charge >= 0.3 is 0 Å². The van der Waals surface area contributed by atoms with E-state index in [4.69, 9.17) is 15.2 Å². The van der Waals surface area contributed by atoms with Gasteiger partial charge < -0.3 is 20.1 Å². The zero-order valence-electron chi connectivity index (χ0n) is 16.1. The van der Waals surface area contributed by atoms with Crippen molar-refractivity contribution in [2.45, 2.75) is 19.6 Å².